The predicted molar refractivity (Wildman–Crippen MR) is 125 cm³/mol. The second kappa shape index (κ2) is 11.2. The van der Waals surface area contributed by atoms with Gasteiger partial charge in [-0.25, -0.2) is 9.97 Å². The van der Waals surface area contributed by atoms with E-state index >= 15 is 0 Å². The molecule has 0 unspecified atom stereocenters. The third-order valence-corrected chi connectivity index (χ3v) is 5.85. The van der Waals surface area contributed by atoms with Gasteiger partial charge in [0, 0.05) is 19.9 Å². The van der Waals surface area contributed by atoms with E-state index in [1.807, 2.05) is 12.1 Å². The van der Waals surface area contributed by atoms with Gasteiger partial charge >= 0.3 is 0 Å². The number of likely N-dealkylation sites (N-methyl/N-ethyl adjacent to an activating group) is 1. The summed E-state index contributed by atoms with van der Waals surface area (Å²) in [6.07, 6.45) is 3.96. The van der Waals surface area contributed by atoms with Crippen molar-refractivity contribution in [1.82, 2.24) is 15.3 Å². The number of phenols is 1. The van der Waals surface area contributed by atoms with Crippen molar-refractivity contribution in [1.29, 1.82) is 0 Å². The first kappa shape index (κ1) is 24.7. The summed E-state index contributed by atoms with van der Waals surface area (Å²) in [6, 6.07) is 7.60. The third-order valence-electron chi connectivity index (χ3n) is 5.57. The van der Waals surface area contributed by atoms with E-state index in [0.29, 0.717) is 12.4 Å². The molecule has 0 saturated heterocycles. The van der Waals surface area contributed by atoms with Crippen LogP contribution in [-0.2, 0) is 6.42 Å². The Balaban J connectivity index is 1.99. The Morgan fingerprint density at radius 3 is 2.55 bits per heavy atom. The standard InChI is InChI=1S/C22H33ClN6O2/c1-5-7-16(29(3,4)13-6-8-15-9-11-17(30)12-10-15)14-26-22(31)18-21(25-2)28-20(24)19(23)27-18/h9-12,16H,5-8,13-14H2,1-4H3,(H4-,24,25,26,28,30,31)/p+1/t16-/m0/s1. The smallest absolute Gasteiger partial charge is 0.274 e. The highest BCUT2D eigenvalue weighted by molar-refractivity contribution is 6.31. The molecule has 1 aromatic heterocycles. The van der Waals surface area contributed by atoms with Crippen LogP contribution in [0.25, 0.3) is 0 Å². The number of aromatic nitrogens is 2. The highest BCUT2D eigenvalue weighted by Gasteiger charge is 2.28. The quantitative estimate of drug-likeness (QED) is 0.392. The Labute approximate surface area is 189 Å². The van der Waals surface area contributed by atoms with E-state index in [2.05, 4.69) is 41.6 Å². The average molecular weight is 450 g/mol. The molecule has 9 heteroatoms. The number of carbonyl (C=O) groups is 1. The zero-order valence-corrected chi connectivity index (χ0v) is 19.5. The maximum absolute atomic E-state index is 12.8. The van der Waals surface area contributed by atoms with Crippen LogP contribution in [0, 0.1) is 0 Å². The largest absolute Gasteiger partial charge is 0.508 e. The number of quaternary nitrogens is 1. The summed E-state index contributed by atoms with van der Waals surface area (Å²) in [6.45, 7) is 3.64. The fourth-order valence-corrected chi connectivity index (χ4v) is 3.75. The topological polar surface area (TPSA) is 113 Å². The summed E-state index contributed by atoms with van der Waals surface area (Å²) >= 11 is 5.96. The summed E-state index contributed by atoms with van der Waals surface area (Å²) < 4.78 is 0.791. The number of nitrogens with one attached hydrogen (secondary N) is 2. The first-order chi connectivity index (χ1) is 14.7. The summed E-state index contributed by atoms with van der Waals surface area (Å²) in [7, 11) is 6.05. The van der Waals surface area contributed by atoms with E-state index in [4.69, 9.17) is 17.3 Å². The Hall–Kier alpha value is -2.58. The molecule has 1 atom stereocenters. The summed E-state index contributed by atoms with van der Waals surface area (Å²) in [5, 5.41) is 15.3. The Morgan fingerprint density at radius 2 is 1.94 bits per heavy atom. The van der Waals surface area contributed by atoms with Gasteiger partial charge in [0.25, 0.3) is 5.91 Å². The molecule has 1 heterocycles. The van der Waals surface area contributed by atoms with E-state index in [1.165, 1.54) is 5.56 Å². The van der Waals surface area contributed by atoms with E-state index in [9.17, 15) is 9.90 Å². The van der Waals surface area contributed by atoms with Crippen molar-refractivity contribution in [2.45, 2.75) is 38.6 Å². The molecule has 170 valence electrons. The number of aryl methyl sites for hydroxylation is 1. The van der Waals surface area contributed by atoms with Crippen molar-refractivity contribution in [3.63, 3.8) is 0 Å². The van der Waals surface area contributed by atoms with Crippen LogP contribution in [0.4, 0.5) is 11.6 Å². The second-order valence-electron chi connectivity index (χ2n) is 8.27. The zero-order chi connectivity index (χ0) is 23.0. The van der Waals surface area contributed by atoms with Crippen LogP contribution in [0.15, 0.2) is 24.3 Å². The maximum atomic E-state index is 12.8. The lowest BCUT2D eigenvalue weighted by atomic mass is 10.1. The monoisotopic (exact) mass is 449 g/mol. The molecule has 0 fully saturated rings. The third kappa shape index (κ3) is 6.97. The van der Waals surface area contributed by atoms with Gasteiger partial charge in [-0.05, 0) is 24.1 Å². The lowest BCUT2D eigenvalue weighted by molar-refractivity contribution is -0.914. The van der Waals surface area contributed by atoms with Gasteiger partial charge in [0.1, 0.15) is 11.8 Å². The van der Waals surface area contributed by atoms with Gasteiger partial charge in [-0.1, -0.05) is 37.1 Å². The predicted octanol–water partition coefficient (Wildman–Crippen LogP) is 3.07. The molecule has 8 nitrogen and oxygen atoms in total. The minimum atomic E-state index is -0.330. The molecule has 5 N–H and O–H groups in total. The Kier molecular flexibility index (Phi) is 8.88. The summed E-state index contributed by atoms with van der Waals surface area (Å²) in [5.74, 6) is 0.336. The van der Waals surface area contributed by atoms with Crippen LogP contribution >= 0.6 is 11.6 Å². The van der Waals surface area contributed by atoms with Gasteiger partial charge in [0.15, 0.2) is 22.5 Å². The van der Waals surface area contributed by atoms with Gasteiger partial charge in [0.05, 0.1) is 27.2 Å². The van der Waals surface area contributed by atoms with E-state index in [1.54, 1.807) is 19.2 Å². The average Bonchev–Trinajstić information content (AvgIpc) is 2.73. The fraction of sp³-hybridized carbons (Fsp3) is 0.500. The molecule has 2 aromatic rings. The molecule has 0 aliphatic rings. The second-order valence-corrected chi connectivity index (χ2v) is 8.63. The number of carbonyl (C=O) groups excluding carboxylic acids is 1. The van der Waals surface area contributed by atoms with Gasteiger partial charge < -0.3 is 26.0 Å². The number of halogens is 1. The minimum absolute atomic E-state index is 0.0135. The van der Waals surface area contributed by atoms with Crippen LogP contribution in [0.3, 0.4) is 0 Å². The van der Waals surface area contributed by atoms with Crippen molar-refractivity contribution in [3.05, 3.63) is 40.7 Å². The highest BCUT2D eigenvalue weighted by atomic mass is 35.5. The van der Waals surface area contributed by atoms with Crippen molar-refractivity contribution in [3.8, 4) is 5.75 Å². The molecule has 0 bridgehead atoms. The number of nitrogen functional groups attached to an aromatic ring is 1. The number of hydrogen-bond acceptors (Lipinski definition) is 6. The van der Waals surface area contributed by atoms with Crippen molar-refractivity contribution < 1.29 is 14.4 Å². The lowest BCUT2D eigenvalue weighted by Crippen LogP contribution is -2.54. The van der Waals surface area contributed by atoms with E-state index in [0.717, 1.165) is 36.7 Å². The fourth-order valence-electron chi connectivity index (χ4n) is 3.62. The summed E-state index contributed by atoms with van der Waals surface area (Å²) in [5.41, 5.74) is 7.03. The van der Waals surface area contributed by atoms with Crippen LogP contribution in [-0.4, -0.2) is 65.7 Å². The van der Waals surface area contributed by atoms with Crippen molar-refractivity contribution in [2.75, 3.05) is 45.3 Å². The Morgan fingerprint density at radius 1 is 1.26 bits per heavy atom. The van der Waals surface area contributed by atoms with Crippen LogP contribution in [0.1, 0.15) is 42.2 Å². The zero-order valence-electron chi connectivity index (χ0n) is 18.8. The number of phenolic OH excluding ortho intramolecular Hbond substituents is 1. The normalized spacial score (nSPS) is 12.4. The van der Waals surface area contributed by atoms with Gasteiger partial charge in [-0.15, -0.1) is 0 Å². The van der Waals surface area contributed by atoms with Crippen LogP contribution < -0.4 is 16.4 Å². The molecule has 1 aromatic carbocycles. The van der Waals surface area contributed by atoms with Crippen molar-refractivity contribution >= 4 is 29.1 Å². The van der Waals surface area contributed by atoms with Crippen LogP contribution in [0.5, 0.6) is 5.75 Å². The SMILES string of the molecule is CCC[C@@H](CNC(=O)c1nc(Cl)c(N)nc1NC)[N+](C)(C)CCCc1ccc(O)cc1. The molecular formula is C22H34ClN6O2+. The molecule has 31 heavy (non-hydrogen) atoms. The summed E-state index contributed by atoms with van der Waals surface area (Å²) in [4.78, 5) is 21.0. The van der Waals surface area contributed by atoms with Crippen molar-refractivity contribution in [2.24, 2.45) is 0 Å². The number of benzene rings is 1. The first-order valence-electron chi connectivity index (χ1n) is 10.6. The molecule has 0 aliphatic carbocycles. The number of rotatable bonds is 11. The molecule has 0 saturated carbocycles. The number of amides is 1. The lowest BCUT2D eigenvalue weighted by Gasteiger charge is -2.38. The molecular weight excluding hydrogens is 416 g/mol. The van der Waals surface area contributed by atoms with Gasteiger partial charge in [0.2, 0.25) is 0 Å². The van der Waals surface area contributed by atoms with Gasteiger partial charge in [-0.2, -0.15) is 0 Å². The molecule has 0 aliphatic heterocycles. The first-order valence-corrected chi connectivity index (χ1v) is 10.9. The number of hydrogen-bond donors (Lipinski definition) is 4. The van der Waals surface area contributed by atoms with E-state index in [-0.39, 0.29) is 34.4 Å². The maximum Gasteiger partial charge on any atom is 0.274 e. The number of anilines is 2. The molecule has 0 radical (unpaired) electrons. The number of nitrogens with zero attached hydrogens (tertiary/aromatic N) is 3. The molecule has 2 rings (SSSR count). The molecule has 0 spiro atoms. The van der Waals surface area contributed by atoms with E-state index < -0.39 is 0 Å². The Bertz CT molecular complexity index is 873. The van der Waals surface area contributed by atoms with Gasteiger partial charge in [-0.3, -0.25) is 4.79 Å². The minimum Gasteiger partial charge on any atom is -0.508 e. The number of aromatic hydroxyl groups is 1. The molecule has 1 amide bonds. The number of nitrogens with two attached hydrogens (primary N) is 1. The van der Waals surface area contributed by atoms with Crippen LogP contribution in [0.2, 0.25) is 5.15 Å². The highest BCUT2D eigenvalue weighted by Crippen LogP contribution is 2.20.